The van der Waals surface area contributed by atoms with E-state index in [1.807, 2.05) is 23.4 Å². The molecule has 0 saturated carbocycles. The molecule has 0 bridgehead atoms. The second kappa shape index (κ2) is 4.68. The maximum atomic E-state index is 8.60. The lowest BCUT2D eigenvalue weighted by molar-refractivity contribution is 0.866. The fourth-order valence-electron chi connectivity index (χ4n) is 1.22. The summed E-state index contributed by atoms with van der Waals surface area (Å²) in [4.78, 5) is 14.2. The first-order valence-corrected chi connectivity index (χ1v) is 5.54. The number of nitrogens with zero attached hydrogens (tertiary/aromatic N) is 5. The van der Waals surface area contributed by atoms with Crippen molar-refractivity contribution in [2.75, 3.05) is 11.9 Å². The van der Waals surface area contributed by atoms with Gasteiger partial charge in [-0.3, -0.25) is 0 Å². The fourth-order valence-corrected chi connectivity index (χ4v) is 1.77. The normalized spacial score (nSPS) is 9.75. The molecule has 2 heterocycles. The van der Waals surface area contributed by atoms with Crippen molar-refractivity contribution >= 4 is 17.2 Å². The van der Waals surface area contributed by atoms with Crippen molar-refractivity contribution in [2.45, 2.75) is 6.54 Å². The molecule has 0 atom stereocenters. The zero-order valence-corrected chi connectivity index (χ0v) is 9.48. The lowest BCUT2D eigenvalue weighted by atomic mass is 10.4. The van der Waals surface area contributed by atoms with E-state index >= 15 is 0 Å². The summed E-state index contributed by atoms with van der Waals surface area (Å²) in [5, 5.41) is 10.6. The highest BCUT2D eigenvalue weighted by Crippen LogP contribution is 2.11. The summed E-state index contributed by atoms with van der Waals surface area (Å²) >= 11 is 1.57. The van der Waals surface area contributed by atoms with Crippen LogP contribution in [0.3, 0.4) is 0 Å². The Kier molecular flexibility index (Phi) is 3.08. The van der Waals surface area contributed by atoms with Crippen LogP contribution in [-0.2, 0) is 6.54 Å². The van der Waals surface area contributed by atoms with E-state index in [9.17, 15) is 0 Å². The van der Waals surface area contributed by atoms with Crippen LogP contribution < -0.4 is 4.90 Å². The number of anilines is 1. The quantitative estimate of drug-likeness (QED) is 0.799. The van der Waals surface area contributed by atoms with E-state index in [1.165, 1.54) is 6.20 Å². The van der Waals surface area contributed by atoms with Gasteiger partial charge in [0.1, 0.15) is 11.9 Å². The van der Waals surface area contributed by atoms with Gasteiger partial charge in [0.2, 0.25) is 0 Å². The molecular weight excluding hydrogens is 222 g/mol. The molecule has 0 radical (unpaired) electrons. The monoisotopic (exact) mass is 231 g/mol. The van der Waals surface area contributed by atoms with Crippen molar-refractivity contribution in [3.63, 3.8) is 0 Å². The van der Waals surface area contributed by atoms with Gasteiger partial charge in [-0.1, -0.05) is 0 Å². The minimum absolute atomic E-state index is 0.325. The number of thiazole rings is 1. The standard InChI is InChI=1S/C10H9N5S/c1-15(5-9-6-16-7-14-9)10-4-12-8(2-11)3-13-10/h3-4,6-7H,5H2,1H3. The molecule has 2 aromatic heterocycles. The highest BCUT2D eigenvalue weighted by Gasteiger charge is 2.05. The van der Waals surface area contributed by atoms with E-state index in [1.54, 1.807) is 23.0 Å². The summed E-state index contributed by atoms with van der Waals surface area (Å²) in [7, 11) is 1.91. The maximum Gasteiger partial charge on any atom is 0.158 e. The maximum absolute atomic E-state index is 8.60. The van der Waals surface area contributed by atoms with Crippen LogP contribution in [0.1, 0.15) is 11.4 Å². The summed E-state index contributed by atoms with van der Waals surface area (Å²) < 4.78 is 0. The molecule has 0 aromatic carbocycles. The minimum Gasteiger partial charge on any atom is -0.352 e. The minimum atomic E-state index is 0.325. The van der Waals surface area contributed by atoms with Gasteiger partial charge in [-0.25, -0.2) is 15.0 Å². The Morgan fingerprint density at radius 3 is 2.81 bits per heavy atom. The molecule has 5 nitrogen and oxygen atoms in total. The van der Waals surface area contributed by atoms with E-state index < -0.39 is 0 Å². The lowest BCUT2D eigenvalue weighted by Gasteiger charge is -2.15. The molecular formula is C10H9N5S. The molecule has 0 aliphatic carbocycles. The van der Waals surface area contributed by atoms with Gasteiger partial charge in [0.25, 0.3) is 0 Å². The molecule has 0 amide bonds. The van der Waals surface area contributed by atoms with Crippen molar-refractivity contribution in [3.05, 3.63) is 34.7 Å². The van der Waals surface area contributed by atoms with Crippen molar-refractivity contribution in [1.29, 1.82) is 5.26 Å². The Morgan fingerprint density at radius 2 is 2.25 bits per heavy atom. The van der Waals surface area contributed by atoms with Gasteiger partial charge in [-0.05, 0) is 0 Å². The van der Waals surface area contributed by atoms with Crippen molar-refractivity contribution in [2.24, 2.45) is 0 Å². The SMILES string of the molecule is CN(Cc1cscn1)c1cnc(C#N)cn1. The zero-order valence-electron chi connectivity index (χ0n) is 8.66. The van der Waals surface area contributed by atoms with Crippen molar-refractivity contribution < 1.29 is 0 Å². The Morgan fingerprint density at radius 1 is 1.38 bits per heavy atom. The summed E-state index contributed by atoms with van der Waals surface area (Å²) in [5.74, 6) is 0.729. The molecule has 2 aromatic rings. The predicted molar refractivity (Wildman–Crippen MR) is 61.0 cm³/mol. The number of hydrogen-bond donors (Lipinski definition) is 0. The van der Waals surface area contributed by atoms with Crippen molar-refractivity contribution in [3.8, 4) is 6.07 Å². The van der Waals surface area contributed by atoms with Crippen LogP contribution in [0.2, 0.25) is 0 Å². The Bertz CT molecular complexity index is 485. The first kappa shape index (κ1) is 10.5. The molecule has 6 heteroatoms. The van der Waals surface area contributed by atoms with Crippen LogP contribution in [0.4, 0.5) is 5.82 Å². The fraction of sp³-hybridized carbons (Fsp3) is 0.200. The lowest BCUT2D eigenvalue weighted by Crippen LogP contribution is -2.18. The summed E-state index contributed by atoms with van der Waals surface area (Å²) in [5.41, 5.74) is 3.12. The van der Waals surface area contributed by atoms with Gasteiger partial charge in [-0.2, -0.15) is 5.26 Å². The van der Waals surface area contributed by atoms with Crippen LogP contribution in [0.5, 0.6) is 0 Å². The third kappa shape index (κ3) is 2.32. The van der Waals surface area contributed by atoms with E-state index in [0.29, 0.717) is 12.2 Å². The smallest absolute Gasteiger partial charge is 0.158 e. The Labute approximate surface area is 97.0 Å². The summed E-state index contributed by atoms with van der Waals surface area (Å²) in [6, 6.07) is 1.94. The van der Waals surface area contributed by atoms with Crippen LogP contribution >= 0.6 is 11.3 Å². The van der Waals surface area contributed by atoms with Gasteiger partial charge in [0.05, 0.1) is 30.1 Å². The van der Waals surface area contributed by atoms with Crippen LogP contribution in [-0.4, -0.2) is 22.0 Å². The molecule has 0 N–H and O–H groups in total. The molecule has 0 aliphatic rings. The molecule has 0 fully saturated rings. The molecule has 0 unspecified atom stereocenters. The molecule has 80 valence electrons. The van der Waals surface area contributed by atoms with Gasteiger partial charge < -0.3 is 4.90 Å². The average Bonchev–Trinajstić information content (AvgIpc) is 2.82. The highest BCUT2D eigenvalue weighted by atomic mass is 32.1. The van der Waals surface area contributed by atoms with E-state index in [2.05, 4.69) is 15.0 Å². The largest absolute Gasteiger partial charge is 0.352 e. The van der Waals surface area contributed by atoms with Crippen LogP contribution in [0, 0.1) is 11.3 Å². The number of hydrogen-bond acceptors (Lipinski definition) is 6. The van der Waals surface area contributed by atoms with E-state index in [-0.39, 0.29) is 0 Å². The van der Waals surface area contributed by atoms with Crippen LogP contribution in [0.25, 0.3) is 0 Å². The molecule has 0 aliphatic heterocycles. The topological polar surface area (TPSA) is 65.7 Å². The number of nitriles is 1. The van der Waals surface area contributed by atoms with Gasteiger partial charge in [-0.15, -0.1) is 11.3 Å². The second-order valence-corrected chi connectivity index (χ2v) is 3.93. The number of rotatable bonds is 3. The molecule has 16 heavy (non-hydrogen) atoms. The molecule has 2 rings (SSSR count). The number of aromatic nitrogens is 3. The summed E-state index contributed by atoms with van der Waals surface area (Å²) in [6.45, 7) is 0.685. The zero-order chi connectivity index (χ0) is 11.4. The second-order valence-electron chi connectivity index (χ2n) is 3.21. The third-order valence-corrected chi connectivity index (χ3v) is 2.66. The Hall–Kier alpha value is -2.00. The Balaban J connectivity index is 2.09. The average molecular weight is 231 g/mol. The van der Waals surface area contributed by atoms with Gasteiger partial charge >= 0.3 is 0 Å². The first-order chi connectivity index (χ1) is 7.79. The molecule has 0 spiro atoms. The highest BCUT2D eigenvalue weighted by molar-refractivity contribution is 7.07. The predicted octanol–water partition coefficient (Wildman–Crippen LogP) is 1.44. The van der Waals surface area contributed by atoms with E-state index in [4.69, 9.17) is 5.26 Å². The summed E-state index contributed by atoms with van der Waals surface area (Å²) in [6.07, 6.45) is 3.05. The van der Waals surface area contributed by atoms with Crippen molar-refractivity contribution in [1.82, 2.24) is 15.0 Å². The first-order valence-electron chi connectivity index (χ1n) is 4.60. The third-order valence-electron chi connectivity index (χ3n) is 2.03. The van der Waals surface area contributed by atoms with E-state index in [0.717, 1.165) is 11.5 Å². The molecule has 0 saturated heterocycles. The van der Waals surface area contributed by atoms with Crippen LogP contribution in [0.15, 0.2) is 23.3 Å². The van der Waals surface area contributed by atoms with Gasteiger partial charge in [0.15, 0.2) is 5.69 Å². The van der Waals surface area contributed by atoms with Gasteiger partial charge in [0, 0.05) is 12.4 Å².